The van der Waals surface area contributed by atoms with Crippen molar-refractivity contribution >= 4 is 33.4 Å². The minimum Gasteiger partial charge on any atom is -0.492 e. The molecule has 0 N–H and O–H groups in total. The van der Waals surface area contributed by atoms with E-state index in [0.29, 0.717) is 23.1 Å². The van der Waals surface area contributed by atoms with E-state index in [-0.39, 0.29) is 18.9 Å². The van der Waals surface area contributed by atoms with Gasteiger partial charge in [-0.25, -0.2) is 0 Å². The van der Waals surface area contributed by atoms with Gasteiger partial charge in [-0.2, -0.15) is 8.42 Å². The molecule has 0 saturated carbocycles. The summed E-state index contributed by atoms with van der Waals surface area (Å²) in [4.78, 5) is 13.4. The van der Waals surface area contributed by atoms with E-state index in [1.54, 1.807) is 18.2 Å². The fourth-order valence-electron chi connectivity index (χ4n) is 2.41. The molecular weight excluding hydrogens is 333 g/mol. The summed E-state index contributed by atoms with van der Waals surface area (Å²) in [5.41, 5.74) is 0.553. The molecule has 1 aliphatic rings. The zero-order chi connectivity index (χ0) is 16.3. The lowest BCUT2D eigenvalue weighted by atomic mass is 10.1. The molecular formula is C14H17ClFNO4S. The first-order valence-corrected chi connectivity index (χ1v) is 8.88. The van der Waals surface area contributed by atoms with Crippen LogP contribution >= 0.6 is 11.6 Å². The highest BCUT2D eigenvalue weighted by atomic mass is 35.5. The minimum atomic E-state index is -4.59. The normalized spacial score (nSPS) is 18.8. The van der Waals surface area contributed by atoms with Gasteiger partial charge in [0.25, 0.3) is 0 Å². The molecule has 1 amide bonds. The van der Waals surface area contributed by atoms with Crippen LogP contribution in [0.15, 0.2) is 18.2 Å². The number of amides is 1. The first-order valence-electron chi connectivity index (χ1n) is 6.95. The van der Waals surface area contributed by atoms with Crippen LogP contribution in [0.4, 0.5) is 9.57 Å². The number of carbonyl (C=O) groups is 1. The van der Waals surface area contributed by atoms with Gasteiger partial charge in [-0.3, -0.25) is 4.79 Å². The van der Waals surface area contributed by atoms with E-state index in [0.717, 1.165) is 6.42 Å². The van der Waals surface area contributed by atoms with Crippen LogP contribution < -0.4 is 9.64 Å². The van der Waals surface area contributed by atoms with Crippen molar-refractivity contribution in [2.75, 3.05) is 23.8 Å². The molecule has 2 rings (SSSR count). The van der Waals surface area contributed by atoms with Gasteiger partial charge in [-0.05, 0) is 24.6 Å². The van der Waals surface area contributed by atoms with E-state index >= 15 is 0 Å². The van der Waals surface area contributed by atoms with Gasteiger partial charge in [-0.15, -0.1) is 3.89 Å². The van der Waals surface area contributed by atoms with Crippen LogP contribution in [-0.2, 0) is 15.0 Å². The molecule has 1 aromatic carbocycles. The maximum atomic E-state index is 12.7. The summed E-state index contributed by atoms with van der Waals surface area (Å²) in [6.45, 7) is 2.68. The SMILES string of the molecule is CCCOc1ccc(N2CC(CS(=O)(=O)F)CC2=O)cc1Cl. The van der Waals surface area contributed by atoms with Crippen molar-refractivity contribution in [2.45, 2.75) is 19.8 Å². The van der Waals surface area contributed by atoms with Gasteiger partial charge in [0, 0.05) is 24.6 Å². The van der Waals surface area contributed by atoms with Gasteiger partial charge in [0.05, 0.1) is 17.4 Å². The Kier molecular flexibility index (Phi) is 5.28. The highest BCUT2D eigenvalue weighted by molar-refractivity contribution is 7.86. The lowest BCUT2D eigenvalue weighted by Crippen LogP contribution is -2.25. The Bertz CT molecular complexity index is 665. The predicted octanol–water partition coefficient (Wildman–Crippen LogP) is 2.78. The monoisotopic (exact) mass is 349 g/mol. The molecule has 122 valence electrons. The van der Waals surface area contributed by atoms with Gasteiger partial charge in [0.1, 0.15) is 5.75 Å². The van der Waals surface area contributed by atoms with Crippen LogP contribution in [0, 0.1) is 5.92 Å². The average Bonchev–Trinajstić information content (AvgIpc) is 2.75. The van der Waals surface area contributed by atoms with Gasteiger partial charge in [0.2, 0.25) is 5.91 Å². The lowest BCUT2D eigenvalue weighted by Gasteiger charge is -2.18. The number of nitrogens with zero attached hydrogens (tertiary/aromatic N) is 1. The van der Waals surface area contributed by atoms with Crippen molar-refractivity contribution in [1.29, 1.82) is 0 Å². The Hall–Kier alpha value is -1.34. The lowest BCUT2D eigenvalue weighted by molar-refractivity contribution is -0.117. The fraction of sp³-hybridized carbons (Fsp3) is 0.500. The summed E-state index contributed by atoms with van der Waals surface area (Å²) in [6, 6.07) is 4.94. The molecule has 0 aliphatic carbocycles. The number of ether oxygens (including phenoxy) is 1. The second-order valence-electron chi connectivity index (χ2n) is 5.24. The highest BCUT2D eigenvalue weighted by Crippen LogP contribution is 2.33. The molecule has 0 radical (unpaired) electrons. The zero-order valence-electron chi connectivity index (χ0n) is 12.1. The molecule has 1 saturated heterocycles. The minimum absolute atomic E-state index is 0.00878. The van der Waals surface area contributed by atoms with Crippen LogP contribution in [0.1, 0.15) is 19.8 Å². The van der Waals surface area contributed by atoms with E-state index in [1.165, 1.54) is 4.90 Å². The van der Waals surface area contributed by atoms with Crippen molar-refractivity contribution in [3.05, 3.63) is 23.2 Å². The number of hydrogen-bond acceptors (Lipinski definition) is 4. The Labute approximate surface area is 134 Å². The van der Waals surface area contributed by atoms with E-state index < -0.39 is 21.9 Å². The summed E-state index contributed by atoms with van der Waals surface area (Å²) in [5.74, 6) is -0.897. The molecule has 22 heavy (non-hydrogen) atoms. The molecule has 1 aliphatic heterocycles. The van der Waals surface area contributed by atoms with Crippen molar-refractivity contribution in [3.63, 3.8) is 0 Å². The molecule has 1 heterocycles. The summed E-state index contributed by atoms with van der Waals surface area (Å²) in [7, 11) is -4.59. The average molecular weight is 350 g/mol. The van der Waals surface area contributed by atoms with Crippen molar-refractivity contribution < 1.29 is 21.8 Å². The predicted molar refractivity (Wildman–Crippen MR) is 82.6 cm³/mol. The van der Waals surface area contributed by atoms with Crippen LogP contribution in [0.3, 0.4) is 0 Å². The quantitative estimate of drug-likeness (QED) is 0.741. The van der Waals surface area contributed by atoms with E-state index in [9.17, 15) is 17.1 Å². The number of halogens is 2. The molecule has 1 fully saturated rings. The second-order valence-corrected chi connectivity index (χ2v) is 7.06. The molecule has 0 bridgehead atoms. The van der Waals surface area contributed by atoms with E-state index in [1.807, 2.05) is 6.92 Å². The smallest absolute Gasteiger partial charge is 0.302 e. The molecule has 1 unspecified atom stereocenters. The molecule has 5 nitrogen and oxygen atoms in total. The Balaban J connectivity index is 2.11. The van der Waals surface area contributed by atoms with Crippen LogP contribution in [0.25, 0.3) is 0 Å². The molecule has 1 aromatic rings. The molecule has 1 atom stereocenters. The number of rotatable bonds is 6. The number of carbonyl (C=O) groups excluding carboxylic acids is 1. The summed E-state index contributed by atoms with van der Waals surface area (Å²) >= 11 is 6.12. The first-order chi connectivity index (χ1) is 10.3. The Morgan fingerprint density at radius 1 is 1.45 bits per heavy atom. The second kappa shape index (κ2) is 6.83. The summed E-state index contributed by atoms with van der Waals surface area (Å²) in [6.07, 6.45) is 0.858. The highest BCUT2D eigenvalue weighted by Gasteiger charge is 2.33. The standard InChI is InChI=1S/C14H17ClFNO4S/c1-2-5-21-13-4-3-11(7-12(13)15)17-8-10(6-14(17)18)9-22(16,19)20/h3-4,7,10H,2,5-6,8-9H2,1H3. The molecule has 8 heteroatoms. The zero-order valence-corrected chi connectivity index (χ0v) is 13.7. The van der Waals surface area contributed by atoms with Crippen LogP contribution in [0.2, 0.25) is 5.02 Å². The largest absolute Gasteiger partial charge is 0.492 e. The summed E-state index contributed by atoms with van der Waals surface area (Å²) < 4.78 is 39.6. The third-order valence-electron chi connectivity index (χ3n) is 3.33. The first kappa shape index (κ1) is 17.0. The summed E-state index contributed by atoms with van der Waals surface area (Å²) in [5, 5.41) is 0.375. The fourth-order valence-corrected chi connectivity index (χ4v) is 3.43. The Morgan fingerprint density at radius 2 is 2.18 bits per heavy atom. The maximum Gasteiger partial charge on any atom is 0.302 e. The van der Waals surface area contributed by atoms with Crippen LogP contribution in [-0.4, -0.2) is 33.2 Å². The van der Waals surface area contributed by atoms with Gasteiger partial charge < -0.3 is 9.64 Å². The third-order valence-corrected chi connectivity index (χ3v) is 4.49. The van der Waals surface area contributed by atoms with Gasteiger partial charge in [0.15, 0.2) is 0 Å². The Morgan fingerprint density at radius 3 is 2.77 bits per heavy atom. The number of hydrogen-bond donors (Lipinski definition) is 0. The van der Waals surface area contributed by atoms with Gasteiger partial charge in [-0.1, -0.05) is 18.5 Å². The van der Waals surface area contributed by atoms with Crippen molar-refractivity contribution in [3.8, 4) is 5.75 Å². The number of anilines is 1. The van der Waals surface area contributed by atoms with E-state index in [4.69, 9.17) is 16.3 Å². The molecule has 0 spiro atoms. The number of benzene rings is 1. The van der Waals surface area contributed by atoms with Crippen molar-refractivity contribution in [1.82, 2.24) is 0 Å². The maximum absolute atomic E-state index is 12.7. The van der Waals surface area contributed by atoms with E-state index in [2.05, 4.69) is 0 Å². The van der Waals surface area contributed by atoms with Crippen LogP contribution in [0.5, 0.6) is 5.75 Å². The molecule has 0 aromatic heterocycles. The third kappa shape index (κ3) is 4.33. The van der Waals surface area contributed by atoms with Crippen molar-refractivity contribution in [2.24, 2.45) is 5.92 Å². The van der Waals surface area contributed by atoms with Gasteiger partial charge >= 0.3 is 10.2 Å². The topological polar surface area (TPSA) is 63.7 Å².